The summed E-state index contributed by atoms with van der Waals surface area (Å²) >= 11 is 6.01. The highest BCUT2D eigenvalue weighted by Crippen LogP contribution is 2.19. The molecule has 1 aliphatic rings. The second-order valence-electron chi connectivity index (χ2n) is 5.95. The van der Waals surface area contributed by atoms with Crippen molar-refractivity contribution in [2.45, 2.75) is 0 Å². The number of rotatable bonds is 5. The summed E-state index contributed by atoms with van der Waals surface area (Å²) in [4.78, 5) is 24.5. The predicted molar refractivity (Wildman–Crippen MR) is 103 cm³/mol. The standard InChI is InChI=1S/C17H22ClN7O2/c1-19-17(21-6-9-27-16-14(18)4-3-5-20-16)24-7-8-25(15(26)12-24)13-10-22-23(2)11-13/h3-5,10-11H,6-9,12H2,1-2H3,(H,19,21). The number of halogens is 1. The molecule has 144 valence electrons. The van der Waals surface area contributed by atoms with Crippen molar-refractivity contribution in [2.24, 2.45) is 12.0 Å². The Bertz CT molecular complexity index is 823. The van der Waals surface area contributed by atoms with Gasteiger partial charge in [-0.15, -0.1) is 0 Å². The van der Waals surface area contributed by atoms with Gasteiger partial charge in [0.05, 0.1) is 18.4 Å². The van der Waals surface area contributed by atoms with E-state index in [0.29, 0.717) is 43.1 Å². The number of aryl methyl sites for hydroxylation is 1. The van der Waals surface area contributed by atoms with Crippen molar-refractivity contribution in [3.05, 3.63) is 35.7 Å². The number of ether oxygens (including phenoxy) is 1. The number of carbonyl (C=O) groups excluding carboxylic acids is 1. The summed E-state index contributed by atoms with van der Waals surface area (Å²) in [6, 6.07) is 3.47. The minimum Gasteiger partial charge on any atom is -0.475 e. The summed E-state index contributed by atoms with van der Waals surface area (Å²) in [7, 11) is 3.52. The molecule has 3 rings (SSSR count). The Kier molecular flexibility index (Phi) is 6.12. The van der Waals surface area contributed by atoms with Crippen LogP contribution in [0.15, 0.2) is 35.7 Å². The van der Waals surface area contributed by atoms with Crippen LogP contribution in [0.4, 0.5) is 5.69 Å². The molecule has 0 bridgehead atoms. The number of hydrogen-bond donors (Lipinski definition) is 1. The van der Waals surface area contributed by atoms with Crippen LogP contribution in [-0.4, -0.2) is 71.4 Å². The molecule has 0 aromatic carbocycles. The zero-order valence-electron chi connectivity index (χ0n) is 15.3. The van der Waals surface area contributed by atoms with Crippen molar-refractivity contribution in [1.82, 2.24) is 25.0 Å². The fourth-order valence-electron chi connectivity index (χ4n) is 2.79. The van der Waals surface area contributed by atoms with Gasteiger partial charge in [0.1, 0.15) is 18.2 Å². The number of piperazine rings is 1. The highest BCUT2D eigenvalue weighted by Gasteiger charge is 2.27. The molecule has 2 aromatic rings. The lowest BCUT2D eigenvalue weighted by Crippen LogP contribution is -2.55. The van der Waals surface area contributed by atoms with E-state index in [2.05, 4.69) is 20.4 Å². The monoisotopic (exact) mass is 391 g/mol. The molecule has 2 aromatic heterocycles. The van der Waals surface area contributed by atoms with E-state index in [1.165, 1.54) is 0 Å². The molecule has 1 N–H and O–H groups in total. The summed E-state index contributed by atoms with van der Waals surface area (Å²) in [5.41, 5.74) is 0.811. The highest BCUT2D eigenvalue weighted by atomic mass is 35.5. The van der Waals surface area contributed by atoms with Crippen LogP contribution in [-0.2, 0) is 11.8 Å². The zero-order valence-corrected chi connectivity index (χ0v) is 16.1. The number of nitrogens with zero attached hydrogens (tertiary/aromatic N) is 6. The molecule has 3 heterocycles. The van der Waals surface area contributed by atoms with Gasteiger partial charge < -0.3 is 19.9 Å². The van der Waals surface area contributed by atoms with Crippen LogP contribution in [0.3, 0.4) is 0 Å². The molecular formula is C17H22ClN7O2. The molecule has 27 heavy (non-hydrogen) atoms. The highest BCUT2D eigenvalue weighted by molar-refractivity contribution is 6.31. The first-order valence-corrected chi connectivity index (χ1v) is 8.94. The second kappa shape index (κ2) is 8.72. The maximum absolute atomic E-state index is 12.5. The number of guanidine groups is 1. The largest absolute Gasteiger partial charge is 0.475 e. The van der Waals surface area contributed by atoms with Gasteiger partial charge in [-0.1, -0.05) is 11.6 Å². The van der Waals surface area contributed by atoms with Crippen LogP contribution in [0.5, 0.6) is 5.88 Å². The number of pyridine rings is 1. The third kappa shape index (κ3) is 4.68. The fraction of sp³-hybridized carbons (Fsp3) is 0.412. The van der Waals surface area contributed by atoms with Crippen LogP contribution >= 0.6 is 11.6 Å². The van der Waals surface area contributed by atoms with E-state index in [4.69, 9.17) is 16.3 Å². The number of aliphatic imine (C=N–C) groups is 1. The van der Waals surface area contributed by atoms with E-state index >= 15 is 0 Å². The molecule has 1 fully saturated rings. The van der Waals surface area contributed by atoms with E-state index in [9.17, 15) is 4.79 Å². The molecule has 0 unspecified atom stereocenters. The van der Waals surface area contributed by atoms with Crippen LogP contribution in [0.2, 0.25) is 5.02 Å². The Hall–Kier alpha value is -2.81. The first-order chi connectivity index (χ1) is 13.1. The third-order valence-corrected chi connectivity index (χ3v) is 4.37. The van der Waals surface area contributed by atoms with E-state index in [1.54, 1.807) is 41.2 Å². The lowest BCUT2D eigenvalue weighted by molar-refractivity contribution is -0.120. The first-order valence-electron chi connectivity index (χ1n) is 8.56. The van der Waals surface area contributed by atoms with Gasteiger partial charge >= 0.3 is 0 Å². The SMILES string of the molecule is CN=C(NCCOc1ncccc1Cl)N1CCN(c2cnn(C)c2)C(=O)C1. The molecule has 0 aliphatic carbocycles. The van der Waals surface area contributed by atoms with Crippen LogP contribution < -0.4 is 15.0 Å². The molecule has 0 radical (unpaired) electrons. The van der Waals surface area contributed by atoms with E-state index in [1.807, 2.05) is 18.1 Å². The lowest BCUT2D eigenvalue weighted by atomic mass is 10.3. The number of nitrogens with one attached hydrogen (secondary N) is 1. The number of anilines is 1. The molecule has 0 saturated carbocycles. The van der Waals surface area contributed by atoms with Gasteiger partial charge in [0.15, 0.2) is 5.96 Å². The Morgan fingerprint density at radius 1 is 1.44 bits per heavy atom. The van der Waals surface area contributed by atoms with Crippen LogP contribution in [0, 0.1) is 0 Å². The maximum atomic E-state index is 12.5. The zero-order chi connectivity index (χ0) is 19.2. The Morgan fingerprint density at radius 2 is 2.30 bits per heavy atom. The average molecular weight is 392 g/mol. The Labute approximate surface area is 162 Å². The molecule has 9 nitrogen and oxygen atoms in total. The summed E-state index contributed by atoms with van der Waals surface area (Å²) in [6.07, 6.45) is 5.16. The van der Waals surface area contributed by atoms with Crippen molar-refractivity contribution in [2.75, 3.05) is 44.7 Å². The van der Waals surface area contributed by atoms with Gasteiger partial charge in [-0.25, -0.2) is 4.98 Å². The minimum atomic E-state index is 0.00807. The van der Waals surface area contributed by atoms with Crippen molar-refractivity contribution < 1.29 is 9.53 Å². The topological polar surface area (TPSA) is 87.9 Å². The van der Waals surface area contributed by atoms with Crippen molar-refractivity contribution in [3.8, 4) is 5.88 Å². The van der Waals surface area contributed by atoms with Crippen molar-refractivity contribution >= 4 is 29.2 Å². The summed E-state index contributed by atoms with van der Waals surface area (Å²) in [5, 5.41) is 7.79. The normalized spacial score (nSPS) is 15.2. The van der Waals surface area contributed by atoms with Crippen LogP contribution in [0.1, 0.15) is 0 Å². The second-order valence-corrected chi connectivity index (χ2v) is 6.36. The average Bonchev–Trinajstić information content (AvgIpc) is 3.09. The fourth-order valence-corrected chi connectivity index (χ4v) is 2.97. The predicted octanol–water partition coefficient (Wildman–Crippen LogP) is 0.771. The molecule has 1 aliphatic heterocycles. The quantitative estimate of drug-likeness (QED) is 0.460. The molecule has 1 amide bonds. The van der Waals surface area contributed by atoms with E-state index in [-0.39, 0.29) is 12.5 Å². The van der Waals surface area contributed by atoms with Crippen molar-refractivity contribution in [3.63, 3.8) is 0 Å². The maximum Gasteiger partial charge on any atom is 0.246 e. The molecule has 0 spiro atoms. The third-order valence-electron chi connectivity index (χ3n) is 4.08. The molecular weight excluding hydrogens is 370 g/mol. The van der Waals surface area contributed by atoms with Gasteiger partial charge in [0.2, 0.25) is 11.8 Å². The first kappa shape index (κ1) is 19.0. The minimum absolute atomic E-state index is 0.00807. The molecule has 10 heteroatoms. The van der Waals surface area contributed by atoms with Crippen molar-refractivity contribution in [1.29, 1.82) is 0 Å². The number of hydrogen-bond acceptors (Lipinski definition) is 5. The van der Waals surface area contributed by atoms with Gasteiger partial charge in [-0.2, -0.15) is 5.10 Å². The van der Waals surface area contributed by atoms with Gasteiger partial charge in [0, 0.05) is 39.6 Å². The number of amides is 1. The van der Waals surface area contributed by atoms with E-state index in [0.717, 1.165) is 5.69 Å². The molecule has 0 atom stereocenters. The summed E-state index contributed by atoms with van der Waals surface area (Å²) in [6.45, 7) is 2.38. The lowest BCUT2D eigenvalue weighted by Gasteiger charge is -2.35. The Balaban J connectivity index is 1.48. The summed E-state index contributed by atoms with van der Waals surface area (Å²) < 4.78 is 7.24. The molecule has 1 saturated heterocycles. The number of aromatic nitrogens is 3. The van der Waals surface area contributed by atoms with Gasteiger partial charge in [0.25, 0.3) is 0 Å². The van der Waals surface area contributed by atoms with Gasteiger partial charge in [-0.3, -0.25) is 14.5 Å². The van der Waals surface area contributed by atoms with Gasteiger partial charge in [-0.05, 0) is 12.1 Å². The number of carbonyl (C=O) groups is 1. The smallest absolute Gasteiger partial charge is 0.246 e. The summed E-state index contributed by atoms with van der Waals surface area (Å²) in [5.74, 6) is 1.06. The van der Waals surface area contributed by atoms with E-state index < -0.39 is 0 Å². The van der Waals surface area contributed by atoms with Crippen LogP contribution in [0.25, 0.3) is 0 Å². The Morgan fingerprint density at radius 3 is 2.96 bits per heavy atom.